The summed E-state index contributed by atoms with van der Waals surface area (Å²) >= 11 is 15.6. The van der Waals surface area contributed by atoms with Crippen LogP contribution in [0.3, 0.4) is 0 Å². The molecule has 0 fully saturated rings. The number of nitrogens with two attached hydrogens (primary N) is 1. The Bertz CT molecular complexity index is 2640. The molecule has 0 aliphatic carbocycles. The first-order valence-corrected chi connectivity index (χ1v) is 18.2. The lowest BCUT2D eigenvalue weighted by Crippen LogP contribution is -2.12. The zero-order chi connectivity index (χ0) is 41.4. The number of aromatic hydroxyl groups is 3. The molecule has 0 bridgehead atoms. The Morgan fingerprint density at radius 1 is 0.772 bits per heavy atom. The highest BCUT2D eigenvalue weighted by atomic mass is 79.9. The van der Waals surface area contributed by atoms with Gasteiger partial charge in [0.2, 0.25) is 0 Å². The standard InChI is InChI=1S/C17H11ClN2O4.C13H13BrN2O4.C11H9ClO/c18-15-9-14(16(21)13-4-2-1-3-12(13)15)17(22)19-10-5-7-11(8-6-10)20(23)24;1-19-20-6-16-10-4-2-3-7-11(10)9(14)5-8(12(7)17)13(15)18;1-7-6-10(12)8-4-2-3-5-9(8)11(7)13/h1-9,21H,(H,19,22);2-5,16-17H,6H2,1H3,(H2,15,18);2-6,13H,1H3. The summed E-state index contributed by atoms with van der Waals surface area (Å²) in [6, 6.07) is 29.8. The van der Waals surface area contributed by atoms with Crippen LogP contribution < -0.4 is 16.4 Å². The largest absolute Gasteiger partial charge is 0.507 e. The van der Waals surface area contributed by atoms with Gasteiger partial charge < -0.3 is 31.7 Å². The molecule has 0 heterocycles. The Kier molecular flexibility index (Phi) is 13.7. The average Bonchev–Trinajstić information content (AvgIpc) is 3.20. The molecule has 292 valence electrons. The van der Waals surface area contributed by atoms with Crippen LogP contribution in [0.5, 0.6) is 17.2 Å². The molecule has 7 aromatic rings. The number of carbonyl (C=O) groups excluding carboxylic acids is 2. The second-order valence-electron chi connectivity index (χ2n) is 12.1. The van der Waals surface area contributed by atoms with Crippen LogP contribution in [-0.2, 0) is 9.78 Å². The molecule has 0 aromatic heterocycles. The first-order valence-electron chi connectivity index (χ1n) is 16.7. The highest BCUT2D eigenvalue weighted by Gasteiger charge is 2.18. The first-order chi connectivity index (χ1) is 27.2. The fourth-order valence-corrected chi connectivity index (χ4v) is 6.98. The van der Waals surface area contributed by atoms with Crippen LogP contribution in [0.1, 0.15) is 26.3 Å². The SMILES string of the molecule is COOCNc1cccc2c(O)c(C(N)=O)cc(Br)c12.Cc1cc(Cl)c2ccccc2c1O.O=C(Nc1ccc([N+](=O)[O-])cc1)c1cc(Cl)c2ccccc2c1O. The minimum atomic E-state index is -0.689. The molecule has 57 heavy (non-hydrogen) atoms. The maximum atomic E-state index is 12.4. The van der Waals surface area contributed by atoms with Gasteiger partial charge in [0.25, 0.3) is 17.5 Å². The monoisotopic (exact) mass is 874 g/mol. The van der Waals surface area contributed by atoms with E-state index in [1.165, 1.54) is 43.5 Å². The zero-order valence-electron chi connectivity index (χ0n) is 30.0. The number of rotatable bonds is 8. The van der Waals surface area contributed by atoms with E-state index in [4.69, 9.17) is 33.8 Å². The summed E-state index contributed by atoms with van der Waals surface area (Å²) in [4.78, 5) is 43.0. The quantitative estimate of drug-likeness (QED) is 0.0280. The number of hydrogen-bond donors (Lipinski definition) is 6. The molecule has 7 aromatic carbocycles. The second kappa shape index (κ2) is 18.7. The number of nitro groups is 1. The molecular weight excluding hydrogens is 843 g/mol. The molecule has 0 aliphatic heterocycles. The van der Waals surface area contributed by atoms with Crippen molar-refractivity contribution in [3.63, 3.8) is 0 Å². The number of fused-ring (bicyclic) bond motifs is 3. The Hall–Kier alpha value is -6.16. The number of amides is 2. The van der Waals surface area contributed by atoms with E-state index in [0.29, 0.717) is 42.1 Å². The number of halogens is 3. The molecule has 16 heteroatoms. The summed E-state index contributed by atoms with van der Waals surface area (Å²) in [6.45, 7) is 1.98. The Labute approximate surface area is 343 Å². The number of hydrogen-bond acceptors (Lipinski definition) is 10. The number of aryl methyl sites for hydroxylation is 1. The number of carbonyl (C=O) groups is 2. The molecule has 7 N–H and O–H groups in total. The van der Waals surface area contributed by atoms with Gasteiger partial charge in [-0.3, -0.25) is 19.7 Å². The third-order valence-corrected chi connectivity index (χ3v) is 9.74. The summed E-state index contributed by atoms with van der Waals surface area (Å²) in [5.41, 5.74) is 7.15. The normalized spacial score (nSPS) is 10.6. The van der Waals surface area contributed by atoms with Crippen molar-refractivity contribution < 1.29 is 39.6 Å². The van der Waals surface area contributed by atoms with E-state index in [0.717, 1.165) is 27.4 Å². The van der Waals surface area contributed by atoms with Crippen molar-refractivity contribution >= 4 is 100 Å². The number of nitro benzene ring substituents is 1. The van der Waals surface area contributed by atoms with Gasteiger partial charge in [0.1, 0.15) is 17.2 Å². The molecule has 0 spiro atoms. The van der Waals surface area contributed by atoms with Crippen LogP contribution in [0.25, 0.3) is 32.3 Å². The van der Waals surface area contributed by atoms with E-state index in [-0.39, 0.29) is 35.0 Å². The lowest BCUT2D eigenvalue weighted by atomic mass is 10.0. The van der Waals surface area contributed by atoms with Gasteiger partial charge >= 0.3 is 0 Å². The number of phenolic OH excluding ortho intramolecular Hbond substituents is 2. The number of phenols is 3. The van der Waals surface area contributed by atoms with Crippen LogP contribution in [0.4, 0.5) is 17.1 Å². The Balaban J connectivity index is 0.000000170. The van der Waals surface area contributed by atoms with Crippen molar-refractivity contribution in [1.82, 2.24) is 0 Å². The number of benzene rings is 7. The van der Waals surface area contributed by atoms with Gasteiger partial charge in [0, 0.05) is 70.3 Å². The average molecular weight is 877 g/mol. The van der Waals surface area contributed by atoms with E-state index in [9.17, 15) is 35.0 Å². The van der Waals surface area contributed by atoms with E-state index in [1.807, 2.05) is 37.3 Å². The number of primary amides is 1. The molecule has 0 aliphatic rings. The molecule has 2 amide bonds. The molecule has 0 saturated heterocycles. The number of nitrogens with one attached hydrogen (secondary N) is 2. The Morgan fingerprint density at radius 2 is 1.32 bits per heavy atom. The van der Waals surface area contributed by atoms with Gasteiger partial charge in [0.15, 0.2) is 6.73 Å². The van der Waals surface area contributed by atoms with Crippen LogP contribution in [-0.4, -0.2) is 45.9 Å². The highest BCUT2D eigenvalue weighted by Crippen LogP contribution is 2.39. The molecule has 0 atom stereocenters. The fraction of sp³-hybridized carbons (Fsp3) is 0.0732. The molecule has 13 nitrogen and oxygen atoms in total. The fourth-order valence-electron chi connectivity index (χ4n) is 5.72. The molecule has 0 radical (unpaired) electrons. The maximum Gasteiger partial charge on any atom is 0.269 e. The lowest BCUT2D eigenvalue weighted by molar-refractivity contribution is -0.384. The maximum absolute atomic E-state index is 12.4. The topological polar surface area (TPSA) is 207 Å². The van der Waals surface area contributed by atoms with Crippen molar-refractivity contribution in [1.29, 1.82) is 0 Å². The molecule has 0 saturated carbocycles. The molecule has 0 unspecified atom stereocenters. The number of anilines is 2. The summed E-state index contributed by atoms with van der Waals surface area (Å²) in [7, 11) is 1.41. The highest BCUT2D eigenvalue weighted by molar-refractivity contribution is 9.10. The predicted octanol–water partition coefficient (Wildman–Crippen LogP) is 10.2. The van der Waals surface area contributed by atoms with Crippen LogP contribution in [0.15, 0.2) is 114 Å². The molecule has 7 rings (SSSR count). The van der Waals surface area contributed by atoms with E-state index < -0.39 is 16.7 Å². The minimum absolute atomic E-state index is 0.0250. The van der Waals surface area contributed by atoms with E-state index in [2.05, 4.69) is 31.5 Å². The molecular formula is C41H33BrCl2N4O9. The van der Waals surface area contributed by atoms with Gasteiger partial charge in [-0.1, -0.05) is 99.8 Å². The van der Waals surface area contributed by atoms with E-state index in [1.54, 1.807) is 42.5 Å². The van der Waals surface area contributed by atoms with Crippen molar-refractivity contribution in [2.75, 3.05) is 24.5 Å². The second-order valence-corrected chi connectivity index (χ2v) is 13.7. The summed E-state index contributed by atoms with van der Waals surface area (Å²) in [5.74, 6) is -1.25. The van der Waals surface area contributed by atoms with Gasteiger partial charge in [-0.05, 0) is 48.9 Å². The first kappa shape index (κ1) is 42.0. The number of non-ortho nitro benzene ring substituents is 1. The van der Waals surface area contributed by atoms with Gasteiger partial charge in [-0.25, -0.2) is 9.78 Å². The lowest BCUT2D eigenvalue weighted by Gasteiger charge is -2.13. The van der Waals surface area contributed by atoms with Crippen LogP contribution >= 0.6 is 39.1 Å². The third-order valence-electron chi connectivity index (χ3n) is 8.49. The van der Waals surface area contributed by atoms with Crippen molar-refractivity contribution in [2.24, 2.45) is 5.73 Å². The Morgan fingerprint density at radius 3 is 1.89 bits per heavy atom. The van der Waals surface area contributed by atoms with Crippen molar-refractivity contribution in [2.45, 2.75) is 6.92 Å². The van der Waals surface area contributed by atoms with Crippen LogP contribution in [0, 0.1) is 17.0 Å². The van der Waals surface area contributed by atoms with Crippen LogP contribution in [0.2, 0.25) is 10.0 Å². The van der Waals surface area contributed by atoms with Gasteiger partial charge in [-0.15, -0.1) is 0 Å². The van der Waals surface area contributed by atoms with Crippen molar-refractivity contribution in [3.8, 4) is 17.2 Å². The third kappa shape index (κ3) is 9.63. The number of nitrogens with zero attached hydrogens (tertiary/aromatic N) is 1. The van der Waals surface area contributed by atoms with Gasteiger partial charge in [0.05, 0.1) is 23.2 Å². The predicted molar refractivity (Wildman–Crippen MR) is 225 cm³/mol. The smallest absolute Gasteiger partial charge is 0.269 e. The van der Waals surface area contributed by atoms with Crippen molar-refractivity contribution in [3.05, 3.63) is 151 Å². The van der Waals surface area contributed by atoms with Gasteiger partial charge in [-0.2, -0.15) is 0 Å². The summed E-state index contributed by atoms with van der Waals surface area (Å²) in [6.07, 6.45) is 0. The summed E-state index contributed by atoms with van der Waals surface area (Å²) in [5, 5.41) is 51.5. The minimum Gasteiger partial charge on any atom is -0.507 e. The zero-order valence-corrected chi connectivity index (χ0v) is 33.1. The van der Waals surface area contributed by atoms with E-state index >= 15 is 0 Å². The summed E-state index contributed by atoms with van der Waals surface area (Å²) < 4.78 is 0.639.